The Balaban J connectivity index is 1.43. The van der Waals surface area contributed by atoms with Crippen molar-refractivity contribution in [1.29, 1.82) is 0 Å². The summed E-state index contributed by atoms with van der Waals surface area (Å²) in [4.78, 5) is 16.2. The first-order valence-electron chi connectivity index (χ1n) is 8.17. The molecule has 0 radical (unpaired) electrons. The first-order valence-corrected chi connectivity index (χ1v) is 8.17. The average molecular weight is 340 g/mol. The highest BCUT2D eigenvalue weighted by Gasteiger charge is 2.26. The van der Waals surface area contributed by atoms with Gasteiger partial charge in [-0.2, -0.15) is 20.1 Å². The van der Waals surface area contributed by atoms with Gasteiger partial charge in [-0.05, 0) is 43.2 Å². The largest absolute Gasteiger partial charge is 0.337 e. The minimum absolute atomic E-state index is 0.0762. The van der Waals surface area contributed by atoms with Gasteiger partial charge in [-0.1, -0.05) is 0 Å². The highest BCUT2D eigenvalue weighted by molar-refractivity contribution is 5.93. The highest BCUT2D eigenvalue weighted by atomic mass is 19.1. The predicted molar refractivity (Wildman–Crippen MR) is 88.2 cm³/mol. The van der Waals surface area contributed by atoms with Gasteiger partial charge in [0.25, 0.3) is 5.91 Å². The number of hydrogen-bond donors (Lipinski definition) is 1. The molecule has 3 aromatic rings. The second-order valence-electron chi connectivity index (χ2n) is 6.05. The number of nitrogens with zero attached hydrogens (tertiary/aromatic N) is 5. The number of benzene rings is 1. The summed E-state index contributed by atoms with van der Waals surface area (Å²) in [6, 6.07) is 7.97. The van der Waals surface area contributed by atoms with Crippen LogP contribution in [0.1, 0.15) is 29.4 Å². The van der Waals surface area contributed by atoms with Gasteiger partial charge in [0, 0.05) is 18.7 Å². The standard InChI is InChI=1S/C17H17FN6O/c18-13-3-1-12(2-4-13)15-11-16(22-21-15)17(25)23-9-5-14(6-10-23)24-19-7-8-20-24/h1-4,7-8,11,14H,5-6,9-10H2,(H,21,22). The molecule has 8 heteroatoms. The first-order chi connectivity index (χ1) is 12.2. The van der Waals surface area contributed by atoms with Gasteiger partial charge in [-0.25, -0.2) is 4.39 Å². The molecule has 1 aliphatic rings. The Labute approximate surface area is 143 Å². The van der Waals surface area contributed by atoms with Crippen LogP contribution in [0, 0.1) is 5.82 Å². The molecular weight excluding hydrogens is 323 g/mol. The van der Waals surface area contributed by atoms with E-state index in [0.717, 1.165) is 18.4 Å². The minimum atomic E-state index is -0.301. The quantitative estimate of drug-likeness (QED) is 0.793. The highest BCUT2D eigenvalue weighted by Crippen LogP contribution is 2.23. The lowest BCUT2D eigenvalue weighted by Gasteiger charge is -2.31. The molecule has 2 aromatic heterocycles. The van der Waals surface area contributed by atoms with E-state index in [1.807, 2.05) is 4.90 Å². The summed E-state index contributed by atoms with van der Waals surface area (Å²) in [5, 5.41) is 15.3. The van der Waals surface area contributed by atoms with Crippen molar-refractivity contribution in [2.45, 2.75) is 18.9 Å². The maximum atomic E-state index is 13.0. The fourth-order valence-corrected chi connectivity index (χ4v) is 3.08. The fourth-order valence-electron chi connectivity index (χ4n) is 3.08. The van der Waals surface area contributed by atoms with Gasteiger partial charge in [-0.15, -0.1) is 0 Å². The molecule has 7 nitrogen and oxygen atoms in total. The van der Waals surface area contributed by atoms with Crippen molar-refractivity contribution in [3.05, 3.63) is 54.2 Å². The number of aromatic amines is 1. The van der Waals surface area contributed by atoms with E-state index in [-0.39, 0.29) is 17.8 Å². The number of carbonyl (C=O) groups is 1. The van der Waals surface area contributed by atoms with E-state index in [1.165, 1.54) is 12.1 Å². The van der Waals surface area contributed by atoms with Crippen LogP contribution in [0.4, 0.5) is 4.39 Å². The molecule has 128 valence electrons. The number of amides is 1. The smallest absolute Gasteiger partial charge is 0.271 e. The zero-order chi connectivity index (χ0) is 17.2. The minimum Gasteiger partial charge on any atom is -0.337 e. The molecule has 1 N–H and O–H groups in total. The summed E-state index contributed by atoms with van der Waals surface area (Å²) in [5.41, 5.74) is 1.83. The van der Waals surface area contributed by atoms with E-state index in [2.05, 4.69) is 20.4 Å². The van der Waals surface area contributed by atoms with Gasteiger partial charge >= 0.3 is 0 Å². The van der Waals surface area contributed by atoms with Crippen molar-refractivity contribution in [3.8, 4) is 11.3 Å². The topological polar surface area (TPSA) is 79.7 Å². The summed E-state index contributed by atoms with van der Waals surface area (Å²) < 4.78 is 13.0. The third-order valence-electron chi connectivity index (χ3n) is 4.46. The summed E-state index contributed by atoms with van der Waals surface area (Å²) in [6.07, 6.45) is 4.97. The molecular formula is C17H17FN6O. The van der Waals surface area contributed by atoms with E-state index >= 15 is 0 Å². The van der Waals surface area contributed by atoms with Crippen LogP contribution in [-0.4, -0.2) is 49.1 Å². The van der Waals surface area contributed by atoms with Crippen LogP contribution >= 0.6 is 0 Å². The van der Waals surface area contributed by atoms with Gasteiger partial charge in [0.2, 0.25) is 0 Å². The van der Waals surface area contributed by atoms with Crippen LogP contribution in [0.3, 0.4) is 0 Å². The van der Waals surface area contributed by atoms with Crippen LogP contribution in [-0.2, 0) is 0 Å². The number of nitrogens with one attached hydrogen (secondary N) is 1. The molecule has 0 atom stereocenters. The zero-order valence-corrected chi connectivity index (χ0v) is 13.5. The normalized spacial score (nSPS) is 15.5. The molecule has 1 aromatic carbocycles. The van der Waals surface area contributed by atoms with E-state index in [1.54, 1.807) is 35.4 Å². The molecule has 25 heavy (non-hydrogen) atoms. The molecule has 1 saturated heterocycles. The second kappa shape index (κ2) is 6.46. The molecule has 0 unspecified atom stereocenters. The lowest BCUT2D eigenvalue weighted by Crippen LogP contribution is -2.39. The van der Waals surface area contributed by atoms with Crippen LogP contribution in [0.25, 0.3) is 11.3 Å². The van der Waals surface area contributed by atoms with Crippen LogP contribution in [0.2, 0.25) is 0 Å². The summed E-state index contributed by atoms with van der Waals surface area (Å²) in [5.74, 6) is -0.377. The fraction of sp³-hybridized carbons (Fsp3) is 0.294. The Morgan fingerprint density at radius 2 is 1.80 bits per heavy atom. The summed E-state index contributed by atoms with van der Waals surface area (Å²) >= 11 is 0. The molecule has 0 aliphatic carbocycles. The monoisotopic (exact) mass is 340 g/mol. The third-order valence-corrected chi connectivity index (χ3v) is 4.46. The lowest BCUT2D eigenvalue weighted by atomic mass is 10.1. The maximum absolute atomic E-state index is 13.0. The van der Waals surface area contributed by atoms with Crippen LogP contribution in [0.15, 0.2) is 42.7 Å². The number of halogens is 1. The van der Waals surface area contributed by atoms with Gasteiger partial charge in [0.1, 0.15) is 11.5 Å². The van der Waals surface area contributed by atoms with E-state index in [0.29, 0.717) is 24.5 Å². The summed E-state index contributed by atoms with van der Waals surface area (Å²) in [6.45, 7) is 1.30. The van der Waals surface area contributed by atoms with Gasteiger partial charge in [0.15, 0.2) is 0 Å². The predicted octanol–water partition coefficient (Wildman–Crippen LogP) is 2.28. The average Bonchev–Trinajstić information content (AvgIpc) is 3.34. The van der Waals surface area contributed by atoms with Crippen molar-refractivity contribution < 1.29 is 9.18 Å². The summed E-state index contributed by atoms with van der Waals surface area (Å²) in [7, 11) is 0. The van der Waals surface area contributed by atoms with Crippen molar-refractivity contribution in [2.24, 2.45) is 0 Å². The second-order valence-corrected chi connectivity index (χ2v) is 6.05. The number of likely N-dealkylation sites (tertiary alicyclic amines) is 1. The SMILES string of the molecule is O=C(c1cc(-c2ccc(F)cc2)n[nH]1)N1CCC(n2nccn2)CC1. The number of aromatic nitrogens is 5. The number of hydrogen-bond acceptors (Lipinski definition) is 4. The van der Waals surface area contributed by atoms with Crippen LogP contribution in [0.5, 0.6) is 0 Å². The number of carbonyl (C=O) groups excluding carboxylic acids is 1. The van der Waals surface area contributed by atoms with Gasteiger partial charge in [0.05, 0.1) is 24.1 Å². The van der Waals surface area contributed by atoms with E-state index in [4.69, 9.17) is 0 Å². The van der Waals surface area contributed by atoms with E-state index < -0.39 is 0 Å². The molecule has 1 fully saturated rings. The third kappa shape index (κ3) is 3.15. The number of H-pyrrole nitrogens is 1. The Morgan fingerprint density at radius 3 is 2.48 bits per heavy atom. The van der Waals surface area contributed by atoms with Crippen molar-refractivity contribution >= 4 is 5.91 Å². The maximum Gasteiger partial charge on any atom is 0.271 e. The molecule has 4 rings (SSSR count). The Hall–Kier alpha value is -3.03. The number of piperidine rings is 1. The zero-order valence-electron chi connectivity index (χ0n) is 13.5. The molecule has 0 bridgehead atoms. The lowest BCUT2D eigenvalue weighted by molar-refractivity contribution is 0.0678. The molecule has 1 amide bonds. The Morgan fingerprint density at radius 1 is 1.12 bits per heavy atom. The van der Waals surface area contributed by atoms with Crippen LogP contribution < -0.4 is 0 Å². The van der Waals surface area contributed by atoms with Crippen molar-refractivity contribution in [1.82, 2.24) is 30.1 Å². The molecule has 0 spiro atoms. The Bertz CT molecular complexity index is 850. The van der Waals surface area contributed by atoms with E-state index in [9.17, 15) is 9.18 Å². The van der Waals surface area contributed by atoms with Crippen molar-refractivity contribution in [3.63, 3.8) is 0 Å². The van der Waals surface area contributed by atoms with Gasteiger partial charge in [-0.3, -0.25) is 9.89 Å². The molecule has 1 aliphatic heterocycles. The molecule has 0 saturated carbocycles. The first kappa shape index (κ1) is 15.5. The number of rotatable bonds is 3. The van der Waals surface area contributed by atoms with Gasteiger partial charge < -0.3 is 4.90 Å². The van der Waals surface area contributed by atoms with Crippen molar-refractivity contribution in [2.75, 3.05) is 13.1 Å². The molecule has 3 heterocycles. The Kier molecular flexibility index (Phi) is 4.01.